The van der Waals surface area contributed by atoms with Crippen LogP contribution in [-0.2, 0) is 17.6 Å². The summed E-state index contributed by atoms with van der Waals surface area (Å²) in [5.74, 6) is 1.56. The largest absolute Gasteiger partial charge is 0.340 e. The van der Waals surface area contributed by atoms with Gasteiger partial charge in [-0.15, -0.1) is 5.10 Å². The van der Waals surface area contributed by atoms with Crippen LogP contribution in [0.4, 0.5) is 5.95 Å². The molecule has 0 saturated carbocycles. The molecule has 7 heteroatoms. The Morgan fingerprint density at radius 1 is 0.962 bits per heavy atom. The summed E-state index contributed by atoms with van der Waals surface area (Å²) >= 11 is 0. The molecule has 3 heterocycles. The van der Waals surface area contributed by atoms with Crippen molar-refractivity contribution in [2.24, 2.45) is 5.92 Å². The Balaban J connectivity index is 1.50. The summed E-state index contributed by atoms with van der Waals surface area (Å²) in [6.45, 7) is 9.75. The number of rotatable bonds is 5. The molecule has 0 spiro atoms. The van der Waals surface area contributed by atoms with Gasteiger partial charge in [-0.1, -0.05) is 13.8 Å². The van der Waals surface area contributed by atoms with Gasteiger partial charge in [-0.05, 0) is 38.6 Å². The molecule has 3 rings (SSSR count). The van der Waals surface area contributed by atoms with Crippen LogP contribution in [-0.4, -0.2) is 77.2 Å². The van der Waals surface area contributed by atoms with Crippen molar-refractivity contribution in [3.63, 3.8) is 0 Å². The van der Waals surface area contributed by atoms with Crippen molar-refractivity contribution in [3.8, 4) is 0 Å². The first kappa shape index (κ1) is 19.0. The van der Waals surface area contributed by atoms with E-state index in [0.29, 0.717) is 18.2 Å². The molecule has 0 bridgehead atoms. The summed E-state index contributed by atoms with van der Waals surface area (Å²) in [6.07, 6.45) is 4.51. The molecule has 0 radical (unpaired) electrons. The number of anilines is 1. The predicted molar refractivity (Wildman–Crippen MR) is 102 cm³/mol. The Bertz CT molecular complexity index is 606. The number of hydrogen-bond acceptors (Lipinski definition) is 6. The molecule has 1 aromatic rings. The Morgan fingerprint density at radius 3 is 2.23 bits per heavy atom. The predicted octanol–water partition coefficient (Wildman–Crippen LogP) is 1.38. The number of nitrogens with zero attached hydrogens (tertiary/aromatic N) is 6. The number of carbonyl (C=O) groups excluding carboxylic acids is 1. The van der Waals surface area contributed by atoms with Crippen LogP contribution < -0.4 is 4.90 Å². The molecule has 144 valence electrons. The normalized spacial score (nSPS) is 19.8. The van der Waals surface area contributed by atoms with Crippen molar-refractivity contribution in [2.75, 3.05) is 51.2 Å². The molecule has 2 fully saturated rings. The summed E-state index contributed by atoms with van der Waals surface area (Å²) in [6, 6.07) is 0. The smallest absolute Gasteiger partial charge is 0.245 e. The Labute approximate surface area is 156 Å². The molecular weight excluding hydrogens is 328 g/mol. The van der Waals surface area contributed by atoms with E-state index in [2.05, 4.69) is 40.9 Å². The van der Waals surface area contributed by atoms with Gasteiger partial charge in [-0.25, -0.2) is 4.98 Å². The van der Waals surface area contributed by atoms with E-state index >= 15 is 0 Å². The summed E-state index contributed by atoms with van der Waals surface area (Å²) in [5, 5.41) is 8.69. The van der Waals surface area contributed by atoms with Crippen molar-refractivity contribution in [1.29, 1.82) is 0 Å². The molecule has 0 unspecified atom stereocenters. The Hall–Kier alpha value is -1.76. The van der Waals surface area contributed by atoms with Crippen LogP contribution in [0.3, 0.4) is 0 Å². The van der Waals surface area contributed by atoms with Crippen molar-refractivity contribution in [1.82, 2.24) is 25.0 Å². The quantitative estimate of drug-likeness (QED) is 0.790. The zero-order chi connectivity index (χ0) is 18.5. The third-order valence-electron chi connectivity index (χ3n) is 5.71. The van der Waals surface area contributed by atoms with Crippen LogP contribution in [0.15, 0.2) is 0 Å². The average Bonchev–Trinajstić information content (AvgIpc) is 2.68. The second-order valence-corrected chi connectivity index (χ2v) is 7.53. The van der Waals surface area contributed by atoms with E-state index in [-0.39, 0.29) is 0 Å². The van der Waals surface area contributed by atoms with Gasteiger partial charge in [-0.2, -0.15) is 5.10 Å². The van der Waals surface area contributed by atoms with Crippen LogP contribution in [0.25, 0.3) is 0 Å². The second kappa shape index (κ2) is 8.75. The van der Waals surface area contributed by atoms with Crippen molar-refractivity contribution in [3.05, 3.63) is 11.4 Å². The first-order chi connectivity index (χ1) is 12.6. The minimum Gasteiger partial charge on any atom is -0.340 e. The fourth-order valence-corrected chi connectivity index (χ4v) is 3.83. The van der Waals surface area contributed by atoms with E-state index in [4.69, 9.17) is 4.98 Å². The molecule has 1 aromatic heterocycles. The second-order valence-electron chi connectivity index (χ2n) is 7.53. The number of aryl methyl sites for hydroxylation is 2. The number of piperidine rings is 1. The highest BCUT2D eigenvalue weighted by molar-refractivity contribution is 5.76. The molecule has 0 N–H and O–H groups in total. The van der Waals surface area contributed by atoms with Crippen LogP contribution in [0.2, 0.25) is 0 Å². The SMILES string of the molecule is CCc1nnc(N2CCC(CC(=O)N3CCN(C)CC3)CC2)nc1CC. The van der Waals surface area contributed by atoms with Gasteiger partial charge < -0.3 is 14.7 Å². The lowest BCUT2D eigenvalue weighted by molar-refractivity contribution is -0.133. The molecule has 7 nitrogen and oxygen atoms in total. The zero-order valence-electron chi connectivity index (χ0n) is 16.4. The molecule has 2 aliphatic heterocycles. The molecule has 2 saturated heterocycles. The van der Waals surface area contributed by atoms with E-state index in [1.54, 1.807) is 0 Å². The number of carbonyl (C=O) groups is 1. The van der Waals surface area contributed by atoms with E-state index in [1.165, 1.54) is 0 Å². The van der Waals surface area contributed by atoms with Gasteiger partial charge >= 0.3 is 0 Å². The van der Waals surface area contributed by atoms with E-state index < -0.39 is 0 Å². The van der Waals surface area contributed by atoms with Crippen LogP contribution in [0.1, 0.15) is 44.5 Å². The average molecular weight is 361 g/mol. The van der Waals surface area contributed by atoms with Gasteiger partial charge in [-0.3, -0.25) is 4.79 Å². The lowest BCUT2D eigenvalue weighted by atomic mass is 9.93. The van der Waals surface area contributed by atoms with Gasteiger partial charge in [0.15, 0.2) is 0 Å². The third kappa shape index (κ3) is 4.50. The number of hydrogen-bond donors (Lipinski definition) is 0. The minimum absolute atomic E-state index is 0.329. The van der Waals surface area contributed by atoms with Crippen molar-refractivity contribution in [2.45, 2.75) is 46.0 Å². The zero-order valence-corrected chi connectivity index (χ0v) is 16.4. The molecule has 1 amide bonds. The van der Waals surface area contributed by atoms with Gasteiger partial charge in [0.1, 0.15) is 0 Å². The molecule has 0 atom stereocenters. The molecule has 26 heavy (non-hydrogen) atoms. The van der Waals surface area contributed by atoms with Crippen molar-refractivity contribution >= 4 is 11.9 Å². The molecular formula is C19H32N6O. The van der Waals surface area contributed by atoms with Crippen LogP contribution in [0, 0.1) is 5.92 Å². The fraction of sp³-hybridized carbons (Fsp3) is 0.789. The van der Waals surface area contributed by atoms with Gasteiger partial charge in [0.2, 0.25) is 11.9 Å². The highest BCUT2D eigenvalue weighted by Crippen LogP contribution is 2.24. The lowest BCUT2D eigenvalue weighted by Gasteiger charge is -2.35. The lowest BCUT2D eigenvalue weighted by Crippen LogP contribution is -2.48. The standard InChI is InChI=1S/C19H32N6O/c1-4-16-17(5-2)21-22-19(20-16)25-8-6-15(7-9-25)14-18(26)24-12-10-23(3)11-13-24/h15H,4-14H2,1-3H3. The summed E-state index contributed by atoms with van der Waals surface area (Å²) in [7, 11) is 2.12. The fourth-order valence-electron chi connectivity index (χ4n) is 3.83. The van der Waals surface area contributed by atoms with Crippen molar-refractivity contribution < 1.29 is 4.79 Å². The van der Waals surface area contributed by atoms with Crippen LogP contribution >= 0.6 is 0 Å². The number of aromatic nitrogens is 3. The minimum atomic E-state index is 0.329. The monoisotopic (exact) mass is 360 g/mol. The summed E-state index contributed by atoms with van der Waals surface area (Å²) < 4.78 is 0. The Morgan fingerprint density at radius 2 is 1.62 bits per heavy atom. The number of likely N-dealkylation sites (N-methyl/N-ethyl adjacent to an activating group) is 1. The summed E-state index contributed by atoms with van der Waals surface area (Å²) in [5.41, 5.74) is 2.06. The number of piperazine rings is 1. The third-order valence-corrected chi connectivity index (χ3v) is 5.71. The molecule has 0 aromatic carbocycles. The molecule has 2 aliphatic rings. The van der Waals surface area contributed by atoms with Gasteiger partial charge in [0.25, 0.3) is 0 Å². The maximum Gasteiger partial charge on any atom is 0.245 e. The first-order valence-corrected chi connectivity index (χ1v) is 10.0. The van der Waals surface area contributed by atoms with Crippen LogP contribution in [0.5, 0.6) is 0 Å². The van der Waals surface area contributed by atoms with E-state index in [0.717, 1.165) is 82.3 Å². The number of amides is 1. The topological polar surface area (TPSA) is 65.5 Å². The highest BCUT2D eigenvalue weighted by Gasteiger charge is 2.26. The van der Waals surface area contributed by atoms with Gasteiger partial charge in [0.05, 0.1) is 11.4 Å². The van der Waals surface area contributed by atoms with Gasteiger partial charge in [0, 0.05) is 45.7 Å². The molecule has 0 aliphatic carbocycles. The van der Waals surface area contributed by atoms with E-state index in [1.807, 2.05) is 4.90 Å². The first-order valence-electron chi connectivity index (χ1n) is 10.0. The maximum absolute atomic E-state index is 12.5. The summed E-state index contributed by atoms with van der Waals surface area (Å²) in [4.78, 5) is 23.8. The maximum atomic E-state index is 12.5. The van der Waals surface area contributed by atoms with E-state index in [9.17, 15) is 4.79 Å². The highest BCUT2D eigenvalue weighted by atomic mass is 16.2. The Kier molecular flexibility index (Phi) is 6.40.